The molecule has 6 nitrogen and oxygen atoms in total. The van der Waals surface area contributed by atoms with Crippen molar-refractivity contribution in [3.63, 3.8) is 0 Å². The molecule has 0 radical (unpaired) electrons. The summed E-state index contributed by atoms with van der Waals surface area (Å²) < 4.78 is 15.5. The summed E-state index contributed by atoms with van der Waals surface area (Å²) >= 11 is 2.80. The summed E-state index contributed by atoms with van der Waals surface area (Å²) in [5.74, 6) is 1.42. The number of rotatable bonds is 4. The van der Waals surface area contributed by atoms with Crippen molar-refractivity contribution in [3.8, 4) is 11.4 Å². The largest absolute Gasteiger partial charge is 0.309 e. The molecule has 3 heterocycles. The molecule has 0 aliphatic heterocycles. The van der Waals surface area contributed by atoms with E-state index < -0.39 is 0 Å². The minimum Gasteiger partial charge on any atom is -0.309 e. The van der Waals surface area contributed by atoms with E-state index in [0.29, 0.717) is 32.8 Å². The van der Waals surface area contributed by atoms with Crippen LogP contribution in [0.5, 0.6) is 0 Å². The molecule has 0 aliphatic rings. The molecular formula is C16H12FN5OS2. The average molecular weight is 373 g/mol. The zero-order valence-corrected chi connectivity index (χ0v) is 14.7. The van der Waals surface area contributed by atoms with Gasteiger partial charge in [-0.05, 0) is 35.7 Å². The molecule has 3 aromatic heterocycles. The Labute approximate surface area is 149 Å². The van der Waals surface area contributed by atoms with Gasteiger partial charge in [0.25, 0.3) is 5.56 Å². The second kappa shape index (κ2) is 6.41. The molecule has 0 saturated carbocycles. The van der Waals surface area contributed by atoms with E-state index in [2.05, 4.69) is 20.2 Å². The van der Waals surface area contributed by atoms with E-state index in [9.17, 15) is 9.18 Å². The maximum atomic E-state index is 13.1. The Kier molecular flexibility index (Phi) is 4.10. The van der Waals surface area contributed by atoms with E-state index in [1.54, 1.807) is 12.1 Å². The third-order valence-corrected chi connectivity index (χ3v) is 5.57. The molecule has 0 atom stereocenters. The maximum Gasteiger partial charge on any atom is 0.268 e. The van der Waals surface area contributed by atoms with Crippen molar-refractivity contribution in [1.82, 2.24) is 24.7 Å². The number of benzene rings is 1. The highest BCUT2D eigenvalue weighted by atomic mass is 32.2. The third-order valence-electron chi connectivity index (χ3n) is 3.64. The number of halogens is 1. The van der Waals surface area contributed by atoms with Gasteiger partial charge in [-0.15, -0.1) is 21.5 Å². The van der Waals surface area contributed by atoms with Gasteiger partial charge in [0.1, 0.15) is 16.3 Å². The molecule has 25 heavy (non-hydrogen) atoms. The summed E-state index contributed by atoms with van der Waals surface area (Å²) in [6, 6.07) is 7.94. The van der Waals surface area contributed by atoms with Gasteiger partial charge in [0.2, 0.25) is 0 Å². The first-order chi connectivity index (χ1) is 12.1. The predicted octanol–water partition coefficient (Wildman–Crippen LogP) is 3.21. The SMILES string of the molecule is Cn1c(SCc2nc3ccsc3c(=O)[nH]2)nnc1-c1ccc(F)cc1. The fraction of sp³-hybridized carbons (Fsp3) is 0.125. The highest BCUT2D eigenvalue weighted by Gasteiger charge is 2.13. The summed E-state index contributed by atoms with van der Waals surface area (Å²) in [6.45, 7) is 0. The molecule has 4 aromatic rings. The van der Waals surface area contributed by atoms with Crippen LogP contribution in [0.25, 0.3) is 21.6 Å². The van der Waals surface area contributed by atoms with Crippen LogP contribution in [0.2, 0.25) is 0 Å². The quantitative estimate of drug-likeness (QED) is 0.556. The van der Waals surface area contributed by atoms with Crippen LogP contribution in [-0.4, -0.2) is 24.7 Å². The van der Waals surface area contributed by atoms with Crippen LogP contribution in [0.4, 0.5) is 4.39 Å². The second-order valence-corrected chi connectivity index (χ2v) is 7.17. The van der Waals surface area contributed by atoms with Crippen LogP contribution in [0.3, 0.4) is 0 Å². The van der Waals surface area contributed by atoms with E-state index in [1.807, 2.05) is 23.1 Å². The standard InChI is InChI=1S/C16H12FN5OS2/c1-22-14(9-2-4-10(17)5-3-9)20-21-16(22)25-8-12-18-11-6-7-24-13(11)15(23)19-12/h2-7H,8H2,1H3,(H,18,19,23). The van der Waals surface area contributed by atoms with E-state index in [4.69, 9.17) is 0 Å². The first kappa shape index (κ1) is 16.0. The van der Waals surface area contributed by atoms with E-state index in [-0.39, 0.29) is 11.4 Å². The van der Waals surface area contributed by atoms with Crippen LogP contribution in [0.1, 0.15) is 5.82 Å². The summed E-state index contributed by atoms with van der Waals surface area (Å²) in [5.41, 5.74) is 1.37. The van der Waals surface area contributed by atoms with Crippen molar-refractivity contribution in [3.05, 3.63) is 57.7 Å². The highest BCUT2D eigenvalue weighted by molar-refractivity contribution is 7.98. The van der Waals surface area contributed by atoms with Gasteiger partial charge in [-0.2, -0.15) is 0 Å². The summed E-state index contributed by atoms with van der Waals surface area (Å²) in [4.78, 5) is 19.2. The van der Waals surface area contributed by atoms with Gasteiger partial charge in [-0.3, -0.25) is 4.79 Å². The maximum absolute atomic E-state index is 13.1. The molecule has 1 aromatic carbocycles. The van der Waals surface area contributed by atoms with Crippen molar-refractivity contribution in [2.75, 3.05) is 0 Å². The number of thiophene rings is 1. The number of nitrogens with zero attached hydrogens (tertiary/aromatic N) is 4. The Morgan fingerprint density at radius 3 is 2.84 bits per heavy atom. The van der Waals surface area contributed by atoms with Crippen LogP contribution in [0.15, 0.2) is 45.7 Å². The third kappa shape index (κ3) is 3.08. The fourth-order valence-electron chi connectivity index (χ4n) is 2.41. The lowest BCUT2D eigenvalue weighted by Gasteiger charge is -2.04. The van der Waals surface area contributed by atoms with Gasteiger partial charge in [-0.25, -0.2) is 9.37 Å². The van der Waals surface area contributed by atoms with E-state index >= 15 is 0 Å². The molecule has 0 unspecified atom stereocenters. The van der Waals surface area contributed by atoms with Gasteiger partial charge in [0, 0.05) is 12.6 Å². The van der Waals surface area contributed by atoms with E-state index in [0.717, 1.165) is 5.56 Å². The fourth-order valence-corrected chi connectivity index (χ4v) is 3.92. The zero-order chi connectivity index (χ0) is 17.4. The Balaban J connectivity index is 1.56. The van der Waals surface area contributed by atoms with Crippen LogP contribution in [0, 0.1) is 5.82 Å². The molecule has 0 saturated heterocycles. The molecule has 0 spiro atoms. The molecule has 126 valence electrons. The van der Waals surface area contributed by atoms with Gasteiger partial charge >= 0.3 is 0 Å². The topological polar surface area (TPSA) is 76.5 Å². The van der Waals surface area contributed by atoms with Crippen molar-refractivity contribution < 1.29 is 4.39 Å². The number of thioether (sulfide) groups is 1. The molecule has 9 heteroatoms. The number of H-pyrrole nitrogens is 1. The molecule has 0 aliphatic carbocycles. The number of nitrogens with one attached hydrogen (secondary N) is 1. The summed E-state index contributed by atoms with van der Waals surface area (Å²) in [7, 11) is 1.85. The first-order valence-corrected chi connectivity index (χ1v) is 9.23. The Morgan fingerprint density at radius 1 is 1.24 bits per heavy atom. The minimum atomic E-state index is -0.292. The molecular weight excluding hydrogens is 361 g/mol. The first-order valence-electron chi connectivity index (χ1n) is 7.36. The monoisotopic (exact) mass is 373 g/mol. The molecule has 0 fully saturated rings. The van der Waals surface area contributed by atoms with Crippen LogP contribution in [-0.2, 0) is 12.8 Å². The average Bonchev–Trinajstić information content (AvgIpc) is 3.21. The zero-order valence-electron chi connectivity index (χ0n) is 13.1. The lowest BCUT2D eigenvalue weighted by Crippen LogP contribution is -2.09. The van der Waals surface area contributed by atoms with Crippen molar-refractivity contribution in [2.45, 2.75) is 10.9 Å². The van der Waals surface area contributed by atoms with Gasteiger partial charge in [-0.1, -0.05) is 11.8 Å². The number of hydrogen-bond donors (Lipinski definition) is 1. The Bertz CT molecular complexity index is 1100. The van der Waals surface area contributed by atoms with Crippen molar-refractivity contribution in [2.24, 2.45) is 7.05 Å². The van der Waals surface area contributed by atoms with Gasteiger partial charge in [0.05, 0.1) is 11.3 Å². The van der Waals surface area contributed by atoms with Crippen LogP contribution < -0.4 is 5.56 Å². The summed E-state index contributed by atoms with van der Waals surface area (Å²) in [6.07, 6.45) is 0. The van der Waals surface area contributed by atoms with Crippen molar-refractivity contribution >= 4 is 33.3 Å². The Morgan fingerprint density at radius 2 is 2.04 bits per heavy atom. The minimum absolute atomic E-state index is 0.124. The van der Waals surface area contributed by atoms with Gasteiger partial charge < -0.3 is 9.55 Å². The number of fused-ring (bicyclic) bond motifs is 1. The van der Waals surface area contributed by atoms with Crippen LogP contribution >= 0.6 is 23.1 Å². The molecule has 4 rings (SSSR count). The normalized spacial score (nSPS) is 11.3. The van der Waals surface area contributed by atoms with E-state index in [1.165, 1.54) is 35.2 Å². The summed E-state index contributed by atoms with van der Waals surface area (Å²) in [5, 5.41) is 10.9. The van der Waals surface area contributed by atoms with Crippen molar-refractivity contribution in [1.29, 1.82) is 0 Å². The molecule has 0 bridgehead atoms. The Hall–Kier alpha value is -2.52. The number of aromatic nitrogens is 5. The lowest BCUT2D eigenvalue weighted by molar-refractivity contribution is 0.628. The predicted molar refractivity (Wildman–Crippen MR) is 96.2 cm³/mol. The number of hydrogen-bond acceptors (Lipinski definition) is 6. The lowest BCUT2D eigenvalue weighted by atomic mass is 10.2. The molecule has 1 N–H and O–H groups in total. The smallest absolute Gasteiger partial charge is 0.268 e. The van der Waals surface area contributed by atoms with Gasteiger partial charge in [0.15, 0.2) is 11.0 Å². The molecule has 0 amide bonds. The number of aromatic amines is 1. The second-order valence-electron chi connectivity index (χ2n) is 5.31. The highest BCUT2D eigenvalue weighted by Crippen LogP contribution is 2.25.